The number of carbonyl (C=O) groups excluding carboxylic acids is 1. The number of anilines is 1. The van der Waals surface area contributed by atoms with Crippen molar-refractivity contribution in [3.63, 3.8) is 0 Å². The highest BCUT2D eigenvalue weighted by Gasteiger charge is 2.29. The molecule has 1 aromatic heterocycles. The molecule has 0 atom stereocenters. The van der Waals surface area contributed by atoms with Gasteiger partial charge in [0.25, 0.3) is 0 Å². The van der Waals surface area contributed by atoms with Crippen molar-refractivity contribution in [2.75, 3.05) is 25.5 Å². The number of hydrogen-bond acceptors (Lipinski definition) is 4. The molecular weight excluding hydrogens is 418 g/mol. The highest BCUT2D eigenvalue weighted by Crippen LogP contribution is 2.25. The third-order valence-corrected chi connectivity index (χ3v) is 7.12. The Morgan fingerprint density at radius 1 is 1.12 bits per heavy atom. The van der Waals surface area contributed by atoms with Crippen LogP contribution in [-0.4, -0.2) is 42.1 Å². The standard InChI is InChI=1S/C26H31N3O2S/c1-20-13-16-32-25(20)19-29(26(30)27-22-9-6-10-24(17-22)31-2)23-11-14-28(15-12-23)18-21-7-4-3-5-8-21/h3-10,13,16-17,23H,11-12,14-15,18-19H2,1-2H3,(H,27,30). The minimum Gasteiger partial charge on any atom is -0.497 e. The summed E-state index contributed by atoms with van der Waals surface area (Å²) in [4.78, 5) is 19.1. The SMILES string of the molecule is COc1cccc(NC(=O)N(Cc2sccc2C)C2CCN(Cc3ccccc3)CC2)c1. The lowest BCUT2D eigenvalue weighted by Gasteiger charge is -2.38. The van der Waals surface area contributed by atoms with E-state index in [-0.39, 0.29) is 12.1 Å². The number of urea groups is 1. The van der Waals surface area contributed by atoms with Crippen molar-refractivity contribution >= 4 is 23.1 Å². The number of carbonyl (C=O) groups is 1. The normalized spacial score (nSPS) is 14.8. The fourth-order valence-corrected chi connectivity index (χ4v) is 5.12. The van der Waals surface area contributed by atoms with E-state index in [0.717, 1.165) is 43.9 Å². The second-order valence-corrected chi connectivity index (χ2v) is 9.31. The molecular formula is C26H31N3O2S. The fraction of sp³-hybridized carbons (Fsp3) is 0.346. The molecule has 1 fully saturated rings. The van der Waals surface area contributed by atoms with E-state index < -0.39 is 0 Å². The summed E-state index contributed by atoms with van der Waals surface area (Å²) >= 11 is 1.72. The maximum Gasteiger partial charge on any atom is 0.322 e. The first-order valence-electron chi connectivity index (χ1n) is 11.1. The van der Waals surface area contributed by atoms with Crippen LogP contribution in [0.3, 0.4) is 0 Å². The van der Waals surface area contributed by atoms with Crippen LogP contribution >= 0.6 is 11.3 Å². The number of aryl methyl sites for hydroxylation is 1. The summed E-state index contributed by atoms with van der Waals surface area (Å²) in [5, 5.41) is 5.20. The van der Waals surface area contributed by atoms with E-state index in [1.165, 1.54) is 16.0 Å². The Morgan fingerprint density at radius 3 is 2.59 bits per heavy atom. The number of hydrogen-bond donors (Lipinski definition) is 1. The van der Waals surface area contributed by atoms with Gasteiger partial charge in [0.1, 0.15) is 5.75 Å². The Kier molecular flexibility index (Phi) is 7.45. The quantitative estimate of drug-likeness (QED) is 0.498. The Bertz CT molecular complexity index is 1010. The van der Waals surface area contributed by atoms with Gasteiger partial charge in [-0.3, -0.25) is 4.90 Å². The fourth-order valence-electron chi connectivity index (χ4n) is 4.21. The van der Waals surface area contributed by atoms with Gasteiger partial charge in [0.2, 0.25) is 0 Å². The zero-order valence-corrected chi connectivity index (χ0v) is 19.6. The third-order valence-electron chi connectivity index (χ3n) is 6.11. The van der Waals surface area contributed by atoms with Crippen LogP contribution in [0, 0.1) is 6.92 Å². The lowest BCUT2D eigenvalue weighted by atomic mass is 10.0. The first-order valence-corrected chi connectivity index (χ1v) is 12.0. The average molecular weight is 450 g/mol. The average Bonchev–Trinajstić information content (AvgIpc) is 3.23. The van der Waals surface area contributed by atoms with Gasteiger partial charge >= 0.3 is 6.03 Å². The molecule has 0 saturated carbocycles. The summed E-state index contributed by atoms with van der Waals surface area (Å²) in [7, 11) is 1.63. The van der Waals surface area contributed by atoms with E-state index in [4.69, 9.17) is 4.74 Å². The second-order valence-electron chi connectivity index (χ2n) is 8.31. The predicted octanol–water partition coefficient (Wildman–Crippen LogP) is 5.76. The first-order chi connectivity index (χ1) is 15.6. The van der Waals surface area contributed by atoms with Crippen LogP contribution in [-0.2, 0) is 13.1 Å². The zero-order valence-electron chi connectivity index (χ0n) is 18.8. The Hall–Kier alpha value is -2.83. The lowest BCUT2D eigenvalue weighted by molar-refractivity contribution is 0.120. The van der Waals surface area contributed by atoms with Crippen molar-refractivity contribution < 1.29 is 9.53 Å². The molecule has 2 heterocycles. The summed E-state index contributed by atoms with van der Waals surface area (Å²) in [6.45, 7) is 5.71. The predicted molar refractivity (Wildman–Crippen MR) is 131 cm³/mol. The Morgan fingerprint density at radius 2 is 1.91 bits per heavy atom. The summed E-state index contributed by atoms with van der Waals surface area (Å²) in [6.07, 6.45) is 1.95. The number of ether oxygens (including phenoxy) is 1. The van der Waals surface area contributed by atoms with Gasteiger partial charge in [0.05, 0.1) is 13.7 Å². The number of thiophene rings is 1. The molecule has 5 nitrogen and oxygen atoms in total. The molecule has 2 amide bonds. The number of benzene rings is 2. The molecule has 0 bridgehead atoms. The number of amides is 2. The molecule has 168 valence electrons. The smallest absolute Gasteiger partial charge is 0.322 e. The molecule has 0 spiro atoms. The zero-order chi connectivity index (χ0) is 22.3. The van der Waals surface area contributed by atoms with E-state index in [1.807, 2.05) is 29.2 Å². The highest BCUT2D eigenvalue weighted by atomic mass is 32.1. The van der Waals surface area contributed by atoms with E-state index in [2.05, 4.69) is 58.9 Å². The van der Waals surface area contributed by atoms with Gasteiger partial charge in [0, 0.05) is 42.3 Å². The van der Waals surface area contributed by atoms with Crippen LogP contribution in [0.1, 0.15) is 28.8 Å². The van der Waals surface area contributed by atoms with Gasteiger partial charge in [-0.05, 0) is 54.5 Å². The van der Waals surface area contributed by atoms with Crippen molar-refractivity contribution in [1.29, 1.82) is 0 Å². The summed E-state index contributed by atoms with van der Waals surface area (Å²) < 4.78 is 5.31. The second kappa shape index (κ2) is 10.7. The van der Waals surface area contributed by atoms with Crippen LogP contribution < -0.4 is 10.1 Å². The summed E-state index contributed by atoms with van der Waals surface area (Å²) in [6, 6.07) is 20.4. The largest absolute Gasteiger partial charge is 0.497 e. The minimum absolute atomic E-state index is 0.0486. The molecule has 3 aromatic rings. The molecule has 32 heavy (non-hydrogen) atoms. The van der Waals surface area contributed by atoms with Gasteiger partial charge in [0.15, 0.2) is 0 Å². The number of piperidine rings is 1. The van der Waals surface area contributed by atoms with Gasteiger partial charge in [-0.25, -0.2) is 4.79 Å². The van der Waals surface area contributed by atoms with Crippen molar-refractivity contribution in [3.05, 3.63) is 82.0 Å². The molecule has 0 unspecified atom stereocenters. The molecule has 1 aliphatic heterocycles. The van der Waals surface area contributed by atoms with Crippen molar-refractivity contribution in [1.82, 2.24) is 9.80 Å². The van der Waals surface area contributed by atoms with Crippen molar-refractivity contribution in [3.8, 4) is 5.75 Å². The Balaban J connectivity index is 1.44. The Labute approximate surface area is 194 Å². The van der Waals surface area contributed by atoms with Gasteiger partial charge < -0.3 is 15.0 Å². The minimum atomic E-state index is -0.0486. The summed E-state index contributed by atoms with van der Waals surface area (Å²) in [5.74, 6) is 0.734. The lowest BCUT2D eigenvalue weighted by Crippen LogP contribution is -2.48. The molecule has 1 aliphatic rings. The number of nitrogens with one attached hydrogen (secondary N) is 1. The van der Waals surface area contributed by atoms with Gasteiger partial charge in [-0.2, -0.15) is 0 Å². The van der Waals surface area contributed by atoms with Crippen LogP contribution in [0.15, 0.2) is 66.0 Å². The topological polar surface area (TPSA) is 44.8 Å². The molecule has 0 aliphatic carbocycles. The van der Waals surface area contributed by atoms with E-state index >= 15 is 0 Å². The summed E-state index contributed by atoms with van der Waals surface area (Å²) in [5.41, 5.74) is 3.34. The maximum absolute atomic E-state index is 13.4. The molecule has 0 radical (unpaired) electrons. The van der Waals surface area contributed by atoms with E-state index in [0.29, 0.717) is 6.54 Å². The van der Waals surface area contributed by atoms with Crippen LogP contribution in [0.4, 0.5) is 10.5 Å². The van der Waals surface area contributed by atoms with Crippen LogP contribution in [0.5, 0.6) is 5.75 Å². The number of rotatable bonds is 7. The first kappa shape index (κ1) is 22.4. The molecule has 6 heteroatoms. The van der Waals surface area contributed by atoms with E-state index in [9.17, 15) is 4.79 Å². The van der Waals surface area contributed by atoms with Crippen LogP contribution in [0.2, 0.25) is 0 Å². The van der Waals surface area contributed by atoms with Crippen LogP contribution in [0.25, 0.3) is 0 Å². The van der Waals surface area contributed by atoms with Crippen molar-refractivity contribution in [2.24, 2.45) is 0 Å². The third kappa shape index (κ3) is 5.69. The molecule has 1 N–H and O–H groups in total. The van der Waals surface area contributed by atoms with E-state index in [1.54, 1.807) is 18.4 Å². The molecule has 4 rings (SSSR count). The molecule has 1 saturated heterocycles. The molecule has 2 aromatic carbocycles. The number of nitrogens with zero attached hydrogens (tertiary/aromatic N) is 2. The van der Waals surface area contributed by atoms with Gasteiger partial charge in [-0.1, -0.05) is 36.4 Å². The van der Waals surface area contributed by atoms with Gasteiger partial charge in [-0.15, -0.1) is 11.3 Å². The monoisotopic (exact) mass is 449 g/mol. The number of methoxy groups -OCH3 is 1. The highest BCUT2D eigenvalue weighted by molar-refractivity contribution is 7.10. The number of likely N-dealkylation sites (tertiary alicyclic amines) is 1. The maximum atomic E-state index is 13.4. The van der Waals surface area contributed by atoms with Crippen molar-refractivity contribution in [2.45, 2.75) is 38.9 Å².